The Balaban J connectivity index is 1.97. The number of ether oxygens (including phenoxy) is 3. The second kappa shape index (κ2) is 8.54. The molecule has 1 N–H and O–H groups in total. The van der Waals surface area contributed by atoms with E-state index in [1.807, 2.05) is 50.8 Å². The molecule has 1 saturated heterocycles. The Morgan fingerprint density at radius 1 is 1.40 bits per heavy atom. The topological polar surface area (TPSA) is 60.0 Å². The molecule has 6 heteroatoms. The van der Waals surface area contributed by atoms with E-state index in [0.717, 1.165) is 16.9 Å². The predicted molar refractivity (Wildman–Crippen MR) is 97.0 cm³/mol. The van der Waals surface area contributed by atoms with Gasteiger partial charge in [0, 0.05) is 25.8 Å². The number of benzene rings is 1. The van der Waals surface area contributed by atoms with Gasteiger partial charge in [0.25, 0.3) is 0 Å². The van der Waals surface area contributed by atoms with Crippen LogP contribution < -0.4 is 10.1 Å². The van der Waals surface area contributed by atoms with Gasteiger partial charge in [-0.15, -0.1) is 0 Å². The Labute approximate surface area is 150 Å². The third kappa shape index (κ3) is 5.90. The maximum absolute atomic E-state index is 12.5. The Hall–Kier alpha value is -1.79. The van der Waals surface area contributed by atoms with E-state index in [-0.39, 0.29) is 17.7 Å². The van der Waals surface area contributed by atoms with Crippen molar-refractivity contribution in [2.45, 2.75) is 45.9 Å². The van der Waals surface area contributed by atoms with Crippen molar-refractivity contribution in [1.82, 2.24) is 10.2 Å². The van der Waals surface area contributed by atoms with Crippen LogP contribution in [0.4, 0.5) is 4.79 Å². The van der Waals surface area contributed by atoms with Crippen LogP contribution >= 0.6 is 0 Å². The highest BCUT2D eigenvalue weighted by Crippen LogP contribution is 2.22. The third-order valence-electron chi connectivity index (χ3n) is 4.05. The third-order valence-corrected chi connectivity index (χ3v) is 4.05. The molecule has 0 aromatic heterocycles. The molecule has 1 unspecified atom stereocenters. The molecule has 6 nitrogen and oxygen atoms in total. The minimum absolute atomic E-state index is 0.0295. The van der Waals surface area contributed by atoms with Crippen LogP contribution in [0, 0.1) is 6.92 Å². The molecule has 1 aliphatic heterocycles. The maximum Gasteiger partial charge on any atom is 0.317 e. The zero-order valence-electron chi connectivity index (χ0n) is 15.9. The van der Waals surface area contributed by atoms with Crippen LogP contribution in [0.3, 0.4) is 0 Å². The summed E-state index contributed by atoms with van der Waals surface area (Å²) < 4.78 is 16.7. The summed E-state index contributed by atoms with van der Waals surface area (Å²) in [5.41, 5.74) is 1.75. The Kier molecular flexibility index (Phi) is 6.67. The first kappa shape index (κ1) is 19.5. The quantitative estimate of drug-likeness (QED) is 0.802. The monoisotopic (exact) mass is 350 g/mol. The number of carbonyl (C=O) groups excluding carboxylic acids is 1. The largest absolute Gasteiger partial charge is 0.491 e. The molecule has 1 heterocycles. The first-order valence-corrected chi connectivity index (χ1v) is 8.72. The van der Waals surface area contributed by atoms with E-state index in [4.69, 9.17) is 14.2 Å². The van der Waals surface area contributed by atoms with Crippen molar-refractivity contribution in [3.8, 4) is 5.75 Å². The van der Waals surface area contributed by atoms with Gasteiger partial charge < -0.3 is 24.4 Å². The van der Waals surface area contributed by atoms with Gasteiger partial charge in [-0.05, 0) is 39.3 Å². The highest BCUT2D eigenvalue weighted by Gasteiger charge is 2.33. The number of hydrogen-bond acceptors (Lipinski definition) is 4. The number of hydrogen-bond donors (Lipinski definition) is 1. The van der Waals surface area contributed by atoms with Crippen LogP contribution in [-0.2, 0) is 16.0 Å². The molecular formula is C19H30N2O4. The molecule has 2 amide bonds. The molecule has 0 bridgehead atoms. The SMILES string of the molecule is COCCOc1cc(C)ccc1CNC(=O)N1CC(C)OC(C)(C)C1. The summed E-state index contributed by atoms with van der Waals surface area (Å²) in [7, 11) is 1.64. The van der Waals surface area contributed by atoms with E-state index < -0.39 is 0 Å². The zero-order chi connectivity index (χ0) is 18.4. The number of carbonyl (C=O) groups is 1. The molecule has 1 aromatic rings. The molecule has 0 radical (unpaired) electrons. The Morgan fingerprint density at radius 3 is 2.84 bits per heavy atom. The van der Waals surface area contributed by atoms with E-state index in [1.54, 1.807) is 7.11 Å². The predicted octanol–water partition coefficient (Wildman–Crippen LogP) is 2.73. The fourth-order valence-corrected chi connectivity index (χ4v) is 3.07. The van der Waals surface area contributed by atoms with Crippen molar-refractivity contribution in [2.24, 2.45) is 0 Å². The molecule has 1 aliphatic rings. The lowest BCUT2D eigenvalue weighted by molar-refractivity contribution is -0.117. The second-order valence-electron chi connectivity index (χ2n) is 7.18. The Bertz CT molecular complexity index is 589. The molecule has 1 fully saturated rings. The highest BCUT2D eigenvalue weighted by atomic mass is 16.5. The van der Waals surface area contributed by atoms with Gasteiger partial charge in [0.2, 0.25) is 0 Å². The van der Waals surface area contributed by atoms with Gasteiger partial charge in [0.05, 0.1) is 24.9 Å². The van der Waals surface area contributed by atoms with Crippen molar-refractivity contribution in [2.75, 3.05) is 33.4 Å². The van der Waals surface area contributed by atoms with Gasteiger partial charge in [-0.25, -0.2) is 4.79 Å². The van der Waals surface area contributed by atoms with Crippen molar-refractivity contribution in [3.05, 3.63) is 29.3 Å². The number of rotatable bonds is 6. The van der Waals surface area contributed by atoms with Gasteiger partial charge in [0.15, 0.2) is 0 Å². The lowest BCUT2D eigenvalue weighted by Crippen LogP contribution is -2.56. The number of morpholine rings is 1. The van der Waals surface area contributed by atoms with Crippen molar-refractivity contribution in [1.29, 1.82) is 0 Å². The van der Waals surface area contributed by atoms with E-state index in [0.29, 0.717) is 32.8 Å². The van der Waals surface area contributed by atoms with E-state index in [1.165, 1.54) is 0 Å². The fourth-order valence-electron chi connectivity index (χ4n) is 3.07. The zero-order valence-corrected chi connectivity index (χ0v) is 15.9. The van der Waals surface area contributed by atoms with Crippen LogP contribution in [0.15, 0.2) is 18.2 Å². The summed E-state index contributed by atoms with van der Waals surface area (Å²) in [4.78, 5) is 14.4. The molecule has 0 spiro atoms. The Morgan fingerprint density at radius 2 is 2.16 bits per heavy atom. The number of nitrogens with zero attached hydrogens (tertiary/aromatic N) is 1. The van der Waals surface area contributed by atoms with Crippen LogP contribution in [0.25, 0.3) is 0 Å². The van der Waals surface area contributed by atoms with Gasteiger partial charge >= 0.3 is 6.03 Å². The molecule has 1 aromatic carbocycles. The number of methoxy groups -OCH3 is 1. The summed E-state index contributed by atoms with van der Waals surface area (Å²) in [6, 6.07) is 5.91. The van der Waals surface area contributed by atoms with Crippen molar-refractivity contribution < 1.29 is 19.0 Å². The number of aryl methyl sites for hydroxylation is 1. The standard InChI is InChI=1S/C19H30N2O4/c1-14-6-7-16(17(10-14)24-9-8-23-5)11-20-18(22)21-12-15(2)25-19(3,4)13-21/h6-7,10,15H,8-9,11-13H2,1-5H3,(H,20,22). The number of urea groups is 1. The summed E-state index contributed by atoms with van der Waals surface area (Å²) in [5, 5.41) is 3.00. The van der Waals surface area contributed by atoms with Gasteiger partial charge in [-0.3, -0.25) is 0 Å². The smallest absolute Gasteiger partial charge is 0.317 e. The summed E-state index contributed by atoms with van der Waals surface area (Å²) in [6.45, 7) is 10.6. The second-order valence-corrected chi connectivity index (χ2v) is 7.18. The molecule has 1 atom stereocenters. The van der Waals surface area contributed by atoms with Crippen LogP contribution in [0.2, 0.25) is 0 Å². The van der Waals surface area contributed by atoms with Crippen LogP contribution in [0.1, 0.15) is 31.9 Å². The molecule has 0 aliphatic carbocycles. The van der Waals surface area contributed by atoms with Gasteiger partial charge in [0.1, 0.15) is 12.4 Å². The lowest BCUT2D eigenvalue weighted by atomic mass is 10.1. The van der Waals surface area contributed by atoms with Crippen LogP contribution in [0.5, 0.6) is 5.75 Å². The summed E-state index contributed by atoms with van der Waals surface area (Å²) in [6.07, 6.45) is 0.0295. The normalized spacial score (nSPS) is 19.6. The first-order valence-electron chi connectivity index (χ1n) is 8.72. The van der Waals surface area contributed by atoms with Crippen molar-refractivity contribution in [3.63, 3.8) is 0 Å². The fraction of sp³-hybridized carbons (Fsp3) is 0.632. The molecule has 2 rings (SSSR count). The first-order chi connectivity index (χ1) is 11.8. The molecule has 0 saturated carbocycles. The van der Waals surface area contributed by atoms with Gasteiger partial charge in [-0.1, -0.05) is 12.1 Å². The lowest BCUT2D eigenvalue weighted by Gasteiger charge is -2.41. The molecule has 25 heavy (non-hydrogen) atoms. The number of nitrogens with one attached hydrogen (secondary N) is 1. The summed E-state index contributed by atoms with van der Waals surface area (Å²) in [5.74, 6) is 0.785. The van der Waals surface area contributed by atoms with Crippen molar-refractivity contribution >= 4 is 6.03 Å². The van der Waals surface area contributed by atoms with E-state index in [2.05, 4.69) is 5.32 Å². The van der Waals surface area contributed by atoms with Crippen LogP contribution in [-0.4, -0.2) is 56.0 Å². The highest BCUT2D eigenvalue weighted by molar-refractivity contribution is 5.74. The minimum atomic E-state index is -0.326. The number of amides is 2. The molecular weight excluding hydrogens is 320 g/mol. The maximum atomic E-state index is 12.5. The van der Waals surface area contributed by atoms with Gasteiger partial charge in [-0.2, -0.15) is 0 Å². The average Bonchev–Trinajstić information content (AvgIpc) is 2.52. The summed E-state index contributed by atoms with van der Waals surface area (Å²) >= 11 is 0. The minimum Gasteiger partial charge on any atom is -0.491 e. The van der Waals surface area contributed by atoms with E-state index >= 15 is 0 Å². The average molecular weight is 350 g/mol. The molecule has 140 valence electrons. The van der Waals surface area contributed by atoms with E-state index in [9.17, 15) is 4.79 Å².